The number of aryl methyl sites for hydroxylation is 2. The topological polar surface area (TPSA) is 77.6 Å². The molecular formula is C19H24N6O. The molecule has 1 atom stereocenters. The van der Waals surface area contributed by atoms with Crippen molar-refractivity contribution in [2.75, 3.05) is 0 Å². The Bertz CT molecular complexity index is 981. The molecule has 0 saturated heterocycles. The third-order valence-corrected chi connectivity index (χ3v) is 5.27. The highest BCUT2D eigenvalue weighted by Crippen LogP contribution is 2.43. The van der Waals surface area contributed by atoms with Crippen LogP contribution in [-0.4, -0.2) is 30.5 Å². The predicted octanol–water partition coefficient (Wildman–Crippen LogP) is 2.54. The SMILES string of the molecule is Cc1nn(CC(=O)NC(C)c2cnn(C)c2C)c2nccc(C3CC3)c12. The molecule has 7 nitrogen and oxygen atoms in total. The van der Waals surface area contributed by atoms with E-state index in [-0.39, 0.29) is 18.5 Å². The average Bonchev–Trinajstić information content (AvgIpc) is 3.33. The number of pyridine rings is 1. The average molecular weight is 352 g/mol. The molecule has 0 aliphatic heterocycles. The van der Waals surface area contributed by atoms with Crippen LogP contribution in [0.25, 0.3) is 11.0 Å². The maximum Gasteiger partial charge on any atom is 0.242 e. The molecule has 0 bridgehead atoms. The Balaban J connectivity index is 1.54. The van der Waals surface area contributed by atoms with Gasteiger partial charge in [0, 0.05) is 29.9 Å². The first-order valence-electron chi connectivity index (χ1n) is 9.05. The van der Waals surface area contributed by atoms with Gasteiger partial charge in [-0.05, 0) is 51.2 Å². The van der Waals surface area contributed by atoms with Crippen molar-refractivity contribution in [3.63, 3.8) is 0 Å². The van der Waals surface area contributed by atoms with Gasteiger partial charge in [0.15, 0.2) is 5.65 Å². The smallest absolute Gasteiger partial charge is 0.242 e. The number of hydrogen-bond acceptors (Lipinski definition) is 4. The van der Waals surface area contributed by atoms with Crippen molar-refractivity contribution in [2.45, 2.75) is 52.1 Å². The van der Waals surface area contributed by atoms with Crippen LogP contribution in [0.2, 0.25) is 0 Å². The van der Waals surface area contributed by atoms with E-state index in [9.17, 15) is 4.79 Å². The molecule has 1 amide bonds. The van der Waals surface area contributed by atoms with Gasteiger partial charge in [-0.2, -0.15) is 10.2 Å². The summed E-state index contributed by atoms with van der Waals surface area (Å²) in [5.74, 6) is 0.544. The molecule has 4 rings (SSSR count). The van der Waals surface area contributed by atoms with Crippen LogP contribution >= 0.6 is 0 Å². The molecule has 3 aromatic heterocycles. The maximum absolute atomic E-state index is 12.6. The van der Waals surface area contributed by atoms with E-state index in [1.165, 1.54) is 18.4 Å². The zero-order valence-electron chi connectivity index (χ0n) is 15.7. The number of carbonyl (C=O) groups is 1. The number of rotatable bonds is 5. The Morgan fingerprint density at radius 2 is 2.15 bits per heavy atom. The lowest BCUT2D eigenvalue weighted by Gasteiger charge is -2.14. The largest absolute Gasteiger partial charge is 0.348 e. The minimum atomic E-state index is -0.103. The minimum Gasteiger partial charge on any atom is -0.348 e. The van der Waals surface area contributed by atoms with E-state index in [1.54, 1.807) is 10.9 Å². The number of amides is 1. The van der Waals surface area contributed by atoms with E-state index in [4.69, 9.17) is 0 Å². The van der Waals surface area contributed by atoms with Gasteiger partial charge in [0.1, 0.15) is 6.54 Å². The molecule has 7 heteroatoms. The third-order valence-electron chi connectivity index (χ3n) is 5.27. The van der Waals surface area contributed by atoms with Gasteiger partial charge in [-0.25, -0.2) is 9.67 Å². The molecule has 0 aromatic carbocycles. The second-order valence-electron chi connectivity index (χ2n) is 7.21. The van der Waals surface area contributed by atoms with E-state index in [2.05, 4.69) is 26.6 Å². The van der Waals surface area contributed by atoms with E-state index in [0.717, 1.165) is 28.0 Å². The van der Waals surface area contributed by atoms with Crippen molar-refractivity contribution in [1.82, 2.24) is 29.9 Å². The predicted molar refractivity (Wildman–Crippen MR) is 98.7 cm³/mol. The van der Waals surface area contributed by atoms with Crippen LogP contribution in [0, 0.1) is 13.8 Å². The van der Waals surface area contributed by atoms with Crippen molar-refractivity contribution in [3.05, 3.63) is 41.0 Å². The van der Waals surface area contributed by atoms with Crippen LogP contribution in [0.4, 0.5) is 0 Å². The summed E-state index contributed by atoms with van der Waals surface area (Å²) in [4.78, 5) is 17.1. The molecule has 1 unspecified atom stereocenters. The van der Waals surface area contributed by atoms with Crippen LogP contribution in [0.15, 0.2) is 18.5 Å². The van der Waals surface area contributed by atoms with E-state index >= 15 is 0 Å². The van der Waals surface area contributed by atoms with Crippen LogP contribution < -0.4 is 5.32 Å². The van der Waals surface area contributed by atoms with Crippen molar-refractivity contribution in [3.8, 4) is 0 Å². The third kappa shape index (κ3) is 2.87. The summed E-state index contributed by atoms with van der Waals surface area (Å²) in [6, 6.07) is 1.99. The first kappa shape index (κ1) is 16.8. The Hall–Kier alpha value is -2.70. The summed E-state index contributed by atoms with van der Waals surface area (Å²) in [6.45, 7) is 6.12. The summed E-state index contributed by atoms with van der Waals surface area (Å²) in [6.07, 6.45) is 6.09. The van der Waals surface area contributed by atoms with Gasteiger partial charge in [-0.15, -0.1) is 0 Å². The molecule has 26 heavy (non-hydrogen) atoms. The second kappa shape index (κ2) is 6.23. The highest BCUT2D eigenvalue weighted by Gasteiger charge is 2.28. The standard InChI is InChI=1S/C19H24N6O/c1-11(16-9-21-24(4)13(16)3)22-17(26)10-25-19-18(12(2)23-25)15(7-8-20-19)14-5-6-14/h7-9,11,14H,5-6,10H2,1-4H3,(H,22,26). The minimum absolute atomic E-state index is 0.0798. The van der Waals surface area contributed by atoms with Crippen molar-refractivity contribution >= 4 is 16.9 Å². The fourth-order valence-corrected chi connectivity index (χ4v) is 3.60. The summed E-state index contributed by atoms with van der Waals surface area (Å²) < 4.78 is 3.53. The number of fused-ring (bicyclic) bond motifs is 1. The number of nitrogens with zero attached hydrogens (tertiary/aromatic N) is 5. The van der Waals surface area contributed by atoms with Crippen LogP contribution in [0.1, 0.15) is 54.2 Å². The summed E-state index contributed by atoms with van der Waals surface area (Å²) in [7, 11) is 1.90. The molecule has 1 saturated carbocycles. The lowest BCUT2D eigenvalue weighted by Crippen LogP contribution is -2.30. The van der Waals surface area contributed by atoms with E-state index in [0.29, 0.717) is 5.92 Å². The highest BCUT2D eigenvalue weighted by molar-refractivity contribution is 5.85. The fourth-order valence-electron chi connectivity index (χ4n) is 3.60. The van der Waals surface area contributed by atoms with Gasteiger partial charge >= 0.3 is 0 Å². The summed E-state index contributed by atoms with van der Waals surface area (Å²) >= 11 is 0. The molecule has 1 N–H and O–H groups in total. The Morgan fingerprint density at radius 1 is 1.38 bits per heavy atom. The molecule has 1 aliphatic carbocycles. The number of aromatic nitrogens is 5. The molecule has 0 radical (unpaired) electrons. The summed E-state index contributed by atoms with van der Waals surface area (Å²) in [5, 5.41) is 13.0. The number of nitrogens with one attached hydrogen (secondary N) is 1. The zero-order valence-corrected chi connectivity index (χ0v) is 15.7. The molecular weight excluding hydrogens is 328 g/mol. The Labute approximate surface area is 152 Å². The summed E-state index contributed by atoms with van der Waals surface area (Å²) in [5.41, 5.74) is 5.13. The van der Waals surface area contributed by atoms with Crippen molar-refractivity contribution in [1.29, 1.82) is 0 Å². The Morgan fingerprint density at radius 3 is 2.81 bits per heavy atom. The number of hydrogen-bond donors (Lipinski definition) is 1. The van der Waals surface area contributed by atoms with E-state index in [1.807, 2.05) is 38.7 Å². The van der Waals surface area contributed by atoms with Crippen molar-refractivity contribution in [2.24, 2.45) is 7.05 Å². The molecule has 3 heterocycles. The fraction of sp³-hybridized carbons (Fsp3) is 0.474. The van der Waals surface area contributed by atoms with Gasteiger partial charge in [-0.1, -0.05) is 0 Å². The van der Waals surface area contributed by atoms with Crippen molar-refractivity contribution < 1.29 is 4.79 Å². The lowest BCUT2D eigenvalue weighted by molar-refractivity contribution is -0.122. The zero-order chi connectivity index (χ0) is 18.4. The van der Waals surface area contributed by atoms with Gasteiger partial charge in [0.25, 0.3) is 0 Å². The number of carbonyl (C=O) groups excluding carboxylic acids is 1. The van der Waals surface area contributed by atoms with Crippen LogP contribution in [-0.2, 0) is 18.4 Å². The van der Waals surface area contributed by atoms with Gasteiger partial charge in [0.05, 0.1) is 17.9 Å². The van der Waals surface area contributed by atoms with Gasteiger partial charge in [0.2, 0.25) is 5.91 Å². The molecule has 1 fully saturated rings. The molecule has 136 valence electrons. The maximum atomic E-state index is 12.6. The lowest BCUT2D eigenvalue weighted by atomic mass is 10.1. The monoisotopic (exact) mass is 352 g/mol. The van der Waals surface area contributed by atoms with E-state index < -0.39 is 0 Å². The van der Waals surface area contributed by atoms with Gasteiger partial charge < -0.3 is 5.32 Å². The first-order chi connectivity index (χ1) is 12.5. The molecule has 0 spiro atoms. The molecule has 1 aliphatic rings. The first-order valence-corrected chi connectivity index (χ1v) is 9.05. The Kier molecular flexibility index (Phi) is 4.01. The quantitative estimate of drug-likeness (QED) is 0.765. The van der Waals surface area contributed by atoms with Crippen LogP contribution in [0.5, 0.6) is 0 Å². The normalized spacial score (nSPS) is 15.4. The highest BCUT2D eigenvalue weighted by atomic mass is 16.2. The molecule has 3 aromatic rings. The second-order valence-corrected chi connectivity index (χ2v) is 7.21. The van der Waals surface area contributed by atoms with Crippen LogP contribution in [0.3, 0.4) is 0 Å². The van der Waals surface area contributed by atoms with Gasteiger partial charge in [-0.3, -0.25) is 9.48 Å².